The first-order valence-corrected chi connectivity index (χ1v) is 6.68. The molecule has 0 aromatic heterocycles. The minimum atomic E-state index is -0.501. The van der Waals surface area contributed by atoms with Crippen molar-refractivity contribution in [2.75, 3.05) is 34.5 Å². The first-order valence-electron chi connectivity index (χ1n) is 6.68. The molecule has 0 heterocycles. The van der Waals surface area contributed by atoms with Gasteiger partial charge < -0.3 is 24.6 Å². The van der Waals surface area contributed by atoms with Crippen molar-refractivity contribution >= 4 is 0 Å². The molecule has 2 N–H and O–H groups in total. The molecule has 1 aromatic rings. The molecule has 0 amide bonds. The van der Waals surface area contributed by atoms with Gasteiger partial charge in [0.1, 0.15) is 5.75 Å². The molecule has 0 saturated carbocycles. The van der Waals surface area contributed by atoms with Crippen LogP contribution in [0.25, 0.3) is 0 Å². The van der Waals surface area contributed by atoms with Crippen LogP contribution in [0.1, 0.15) is 24.1 Å². The van der Waals surface area contributed by atoms with Crippen LogP contribution in [0.4, 0.5) is 0 Å². The van der Waals surface area contributed by atoms with Gasteiger partial charge in [-0.1, -0.05) is 6.07 Å². The smallest absolute Gasteiger partial charge is 0.124 e. The molecule has 0 bridgehead atoms. The zero-order chi connectivity index (χ0) is 15.0. The third-order valence-corrected chi connectivity index (χ3v) is 3.12. The zero-order valence-electron chi connectivity index (χ0n) is 12.7. The lowest BCUT2D eigenvalue weighted by Gasteiger charge is -2.18. The van der Waals surface area contributed by atoms with Crippen LogP contribution < -0.4 is 10.1 Å². The quantitative estimate of drug-likeness (QED) is 0.719. The molecule has 0 saturated heterocycles. The summed E-state index contributed by atoms with van der Waals surface area (Å²) in [7, 11) is 4.89. The van der Waals surface area contributed by atoms with Crippen LogP contribution in [0.2, 0.25) is 0 Å². The fourth-order valence-electron chi connectivity index (χ4n) is 2.02. The topological polar surface area (TPSA) is 60.0 Å². The molecular weight excluding hydrogens is 258 g/mol. The van der Waals surface area contributed by atoms with E-state index in [9.17, 15) is 5.11 Å². The SMILES string of the molecule is COCc1cc(C(C)NCC(O)COC)ccc1OC. The number of aliphatic hydroxyl groups is 1. The van der Waals surface area contributed by atoms with Crippen molar-refractivity contribution in [3.05, 3.63) is 29.3 Å². The third kappa shape index (κ3) is 5.09. The Morgan fingerprint density at radius 2 is 1.95 bits per heavy atom. The van der Waals surface area contributed by atoms with Crippen molar-refractivity contribution in [1.82, 2.24) is 5.32 Å². The van der Waals surface area contributed by atoms with Gasteiger partial charge in [0.05, 0.1) is 26.4 Å². The Bertz CT molecular complexity index is 397. The third-order valence-electron chi connectivity index (χ3n) is 3.12. The molecule has 1 rings (SSSR count). The predicted molar refractivity (Wildman–Crippen MR) is 78.0 cm³/mol. The highest BCUT2D eigenvalue weighted by Gasteiger charge is 2.11. The molecule has 114 valence electrons. The van der Waals surface area contributed by atoms with Gasteiger partial charge in [0.15, 0.2) is 0 Å². The maximum absolute atomic E-state index is 9.64. The van der Waals surface area contributed by atoms with Crippen LogP contribution >= 0.6 is 0 Å². The molecule has 0 spiro atoms. The van der Waals surface area contributed by atoms with Gasteiger partial charge >= 0.3 is 0 Å². The minimum absolute atomic E-state index is 0.128. The number of rotatable bonds is 9. The highest BCUT2D eigenvalue weighted by molar-refractivity contribution is 5.38. The lowest BCUT2D eigenvalue weighted by atomic mass is 10.0. The van der Waals surface area contributed by atoms with Crippen molar-refractivity contribution in [1.29, 1.82) is 0 Å². The van der Waals surface area contributed by atoms with E-state index in [2.05, 4.69) is 18.3 Å². The number of hydrogen-bond donors (Lipinski definition) is 2. The Morgan fingerprint density at radius 3 is 2.55 bits per heavy atom. The van der Waals surface area contributed by atoms with E-state index in [-0.39, 0.29) is 6.04 Å². The molecule has 2 unspecified atom stereocenters. The molecule has 1 aromatic carbocycles. The summed E-state index contributed by atoms with van der Waals surface area (Å²) in [6, 6.07) is 6.14. The molecule has 0 aliphatic heterocycles. The van der Waals surface area contributed by atoms with Gasteiger partial charge in [-0.2, -0.15) is 0 Å². The molecule has 2 atom stereocenters. The Balaban J connectivity index is 2.67. The normalized spacial score (nSPS) is 14.1. The Hall–Kier alpha value is -1.14. The second kappa shape index (κ2) is 8.92. The van der Waals surface area contributed by atoms with E-state index in [0.717, 1.165) is 16.9 Å². The Kier molecular flexibility index (Phi) is 7.54. The van der Waals surface area contributed by atoms with E-state index < -0.39 is 6.10 Å². The number of aliphatic hydroxyl groups excluding tert-OH is 1. The van der Waals surface area contributed by atoms with Gasteiger partial charge in [0, 0.05) is 32.4 Å². The fraction of sp³-hybridized carbons (Fsp3) is 0.600. The summed E-state index contributed by atoms with van der Waals surface area (Å²) in [5.41, 5.74) is 2.14. The van der Waals surface area contributed by atoms with Gasteiger partial charge in [0.2, 0.25) is 0 Å². The second-order valence-corrected chi connectivity index (χ2v) is 4.74. The van der Waals surface area contributed by atoms with Gasteiger partial charge in [-0.15, -0.1) is 0 Å². The maximum Gasteiger partial charge on any atom is 0.124 e. The maximum atomic E-state index is 9.64. The van der Waals surface area contributed by atoms with Crippen molar-refractivity contribution < 1.29 is 19.3 Å². The second-order valence-electron chi connectivity index (χ2n) is 4.74. The van der Waals surface area contributed by atoms with E-state index in [1.165, 1.54) is 0 Å². The van der Waals surface area contributed by atoms with Gasteiger partial charge in [-0.25, -0.2) is 0 Å². The standard InChI is InChI=1S/C15H25NO4/c1-11(16-8-14(17)10-19-3)12-5-6-15(20-4)13(7-12)9-18-2/h5-7,11,14,16-17H,8-10H2,1-4H3. The van der Waals surface area contributed by atoms with E-state index in [1.807, 2.05) is 12.1 Å². The molecule has 5 nitrogen and oxygen atoms in total. The number of hydrogen-bond acceptors (Lipinski definition) is 5. The molecule has 0 aliphatic rings. The summed E-state index contributed by atoms with van der Waals surface area (Å²) in [6.45, 7) is 3.38. The minimum Gasteiger partial charge on any atom is -0.496 e. The summed E-state index contributed by atoms with van der Waals surface area (Å²) >= 11 is 0. The van der Waals surface area contributed by atoms with Crippen LogP contribution in [0.15, 0.2) is 18.2 Å². The van der Waals surface area contributed by atoms with Crippen molar-refractivity contribution in [2.24, 2.45) is 0 Å². The van der Waals surface area contributed by atoms with Gasteiger partial charge in [0.25, 0.3) is 0 Å². The molecule has 5 heteroatoms. The zero-order valence-corrected chi connectivity index (χ0v) is 12.7. The lowest BCUT2D eigenvalue weighted by molar-refractivity contribution is 0.0630. The van der Waals surface area contributed by atoms with Crippen molar-refractivity contribution in [2.45, 2.75) is 25.7 Å². The van der Waals surface area contributed by atoms with Gasteiger partial charge in [-0.05, 0) is 24.6 Å². The summed E-state index contributed by atoms with van der Waals surface area (Å²) < 4.78 is 15.4. The monoisotopic (exact) mass is 283 g/mol. The first kappa shape index (κ1) is 16.9. The molecule has 0 radical (unpaired) electrons. The van der Waals surface area contributed by atoms with E-state index in [4.69, 9.17) is 14.2 Å². The molecule has 0 aliphatic carbocycles. The van der Waals surface area contributed by atoms with Crippen molar-refractivity contribution in [3.8, 4) is 5.75 Å². The van der Waals surface area contributed by atoms with Gasteiger partial charge in [-0.3, -0.25) is 0 Å². The summed E-state index contributed by atoms with van der Waals surface area (Å²) in [5, 5.41) is 12.9. The van der Waals surface area contributed by atoms with E-state index in [1.54, 1.807) is 21.3 Å². The largest absolute Gasteiger partial charge is 0.496 e. The molecule has 20 heavy (non-hydrogen) atoms. The van der Waals surface area contributed by atoms with E-state index >= 15 is 0 Å². The average Bonchev–Trinajstić information content (AvgIpc) is 2.45. The summed E-state index contributed by atoms with van der Waals surface area (Å²) in [6.07, 6.45) is -0.501. The van der Waals surface area contributed by atoms with Crippen LogP contribution in [0.3, 0.4) is 0 Å². The number of nitrogens with one attached hydrogen (secondary N) is 1. The van der Waals surface area contributed by atoms with Crippen LogP contribution in [-0.4, -0.2) is 45.7 Å². The summed E-state index contributed by atoms with van der Waals surface area (Å²) in [4.78, 5) is 0. The number of ether oxygens (including phenoxy) is 3. The predicted octanol–water partition coefficient (Wildman–Crippen LogP) is 1.50. The van der Waals surface area contributed by atoms with Crippen LogP contribution in [0, 0.1) is 0 Å². The van der Waals surface area contributed by atoms with Crippen LogP contribution in [0.5, 0.6) is 5.75 Å². The molecular formula is C15H25NO4. The average molecular weight is 283 g/mol. The highest BCUT2D eigenvalue weighted by atomic mass is 16.5. The highest BCUT2D eigenvalue weighted by Crippen LogP contribution is 2.24. The first-order chi connectivity index (χ1) is 9.62. The number of benzene rings is 1. The fourth-order valence-corrected chi connectivity index (χ4v) is 2.02. The van der Waals surface area contributed by atoms with E-state index in [0.29, 0.717) is 19.8 Å². The van der Waals surface area contributed by atoms with Crippen LogP contribution in [-0.2, 0) is 16.1 Å². The Labute approximate surface area is 120 Å². The Morgan fingerprint density at radius 1 is 1.20 bits per heavy atom. The van der Waals surface area contributed by atoms with Crippen molar-refractivity contribution in [3.63, 3.8) is 0 Å². The molecule has 0 fully saturated rings. The lowest BCUT2D eigenvalue weighted by Crippen LogP contribution is -2.31. The summed E-state index contributed by atoms with van der Waals surface area (Å²) in [5.74, 6) is 0.821. The number of methoxy groups -OCH3 is 3.